The maximum absolute atomic E-state index is 5.72. The third kappa shape index (κ3) is 4.02. The zero-order valence-electron chi connectivity index (χ0n) is 11.5. The van der Waals surface area contributed by atoms with Crippen LogP contribution in [0.4, 0.5) is 0 Å². The van der Waals surface area contributed by atoms with E-state index in [0.29, 0.717) is 0 Å². The van der Waals surface area contributed by atoms with Crippen LogP contribution in [-0.2, 0) is 17.8 Å². The smallest absolute Gasteiger partial charge is 0.107 e. The SMILES string of the molecule is CCNCc1nc(CN2CCOC(C)(C)C2)cs1. The Morgan fingerprint density at radius 2 is 2.39 bits per heavy atom. The molecule has 0 aromatic carbocycles. The number of morpholine rings is 1. The van der Waals surface area contributed by atoms with Gasteiger partial charge in [-0.25, -0.2) is 4.98 Å². The van der Waals surface area contributed by atoms with Gasteiger partial charge in [0, 0.05) is 31.6 Å². The molecule has 0 aliphatic carbocycles. The first-order chi connectivity index (χ1) is 8.59. The van der Waals surface area contributed by atoms with Gasteiger partial charge in [-0.15, -0.1) is 11.3 Å². The first kappa shape index (κ1) is 13.9. The molecule has 1 aromatic rings. The minimum absolute atomic E-state index is 0.0269. The Bertz CT molecular complexity index is 378. The molecule has 1 aliphatic rings. The molecule has 1 fully saturated rings. The summed E-state index contributed by atoms with van der Waals surface area (Å²) in [4.78, 5) is 7.09. The molecule has 2 rings (SSSR count). The van der Waals surface area contributed by atoms with E-state index in [2.05, 4.69) is 41.4 Å². The molecule has 1 aromatic heterocycles. The molecule has 102 valence electrons. The predicted molar refractivity (Wildman–Crippen MR) is 74.8 cm³/mol. The summed E-state index contributed by atoms with van der Waals surface area (Å²) in [6.45, 7) is 12.0. The molecular weight excluding hydrogens is 246 g/mol. The van der Waals surface area contributed by atoms with Crippen molar-refractivity contribution in [2.24, 2.45) is 0 Å². The summed E-state index contributed by atoms with van der Waals surface area (Å²) in [5.74, 6) is 0. The molecule has 0 bridgehead atoms. The molecule has 4 nitrogen and oxygen atoms in total. The van der Waals surface area contributed by atoms with E-state index in [4.69, 9.17) is 4.74 Å². The highest BCUT2D eigenvalue weighted by molar-refractivity contribution is 7.09. The fraction of sp³-hybridized carbons (Fsp3) is 0.769. The summed E-state index contributed by atoms with van der Waals surface area (Å²) in [7, 11) is 0. The molecule has 5 heteroatoms. The minimum atomic E-state index is -0.0269. The standard InChI is InChI=1S/C13H23N3OS/c1-4-14-7-12-15-11(9-18-12)8-16-5-6-17-13(2,3)10-16/h9,14H,4-8,10H2,1-3H3. The van der Waals surface area contributed by atoms with Gasteiger partial charge in [0.15, 0.2) is 0 Å². The Balaban J connectivity index is 1.87. The van der Waals surface area contributed by atoms with Gasteiger partial charge in [0.05, 0.1) is 17.9 Å². The van der Waals surface area contributed by atoms with Crippen molar-refractivity contribution in [1.29, 1.82) is 0 Å². The van der Waals surface area contributed by atoms with Crippen molar-refractivity contribution in [3.05, 3.63) is 16.1 Å². The summed E-state index contributed by atoms with van der Waals surface area (Å²) >= 11 is 1.75. The summed E-state index contributed by atoms with van der Waals surface area (Å²) in [5.41, 5.74) is 1.16. The summed E-state index contributed by atoms with van der Waals surface area (Å²) in [6, 6.07) is 0. The molecule has 0 unspecified atom stereocenters. The zero-order chi connectivity index (χ0) is 13.0. The van der Waals surface area contributed by atoms with Crippen LogP contribution in [0.1, 0.15) is 31.5 Å². The maximum Gasteiger partial charge on any atom is 0.107 e. The van der Waals surface area contributed by atoms with Crippen molar-refractivity contribution in [2.75, 3.05) is 26.2 Å². The quantitative estimate of drug-likeness (QED) is 0.885. The van der Waals surface area contributed by atoms with E-state index in [0.717, 1.165) is 39.3 Å². The van der Waals surface area contributed by atoms with Crippen molar-refractivity contribution >= 4 is 11.3 Å². The summed E-state index contributed by atoms with van der Waals surface area (Å²) < 4.78 is 5.72. The normalized spacial score (nSPS) is 20.2. The summed E-state index contributed by atoms with van der Waals surface area (Å²) in [6.07, 6.45) is 0. The lowest BCUT2D eigenvalue weighted by Gasteiger charge is -2.37. The lowest BCUT2D eigenvalue weighted by Crippen LogP contribution is -2.47. The number of thiazole rings is 1. The number of hydrogen-bond acceptors (Lipinski definition) is 5. The molecular formula is C13H23N3OS. The Kier molecular flexibility index (Phi) is 4.72. The van der Waals surface area contributed by atoms with Crippen LogP contribution in [-0.4, -0.2) is 41.7 Å². The fourth-order valence-electron chi connectivity index (χ4n) is 2.21. The third-order valence-electron chi connectivity index (χ3n) is 3.02. The first-order valence-electron chi connectivity index (χ1n) is 6.59. The first-order valence-corrected chi connectivity index (χ1v) is 7.47. The van der Waals surface area contributed by atoms with Crippen LogP contribution in [0.15, 0.2) is 5.38 Å². The van der Waals surface area contributed by atoms with Crippen LogP contribution < -0.4 is 5.32 Å². The number of nitrogens with zero attached hydrogens (tertiary/aromatic N) is 2. The highest BCUT2D eigenvalue weighted by atomic mass is 32.1. The number of nitrogens with one attached hydrogen (secondary N) is 1. The van der Waals surface area contributed by atoms with Gasteiger partial charge < -0.3 is 10.1 Å². The average molecular weight is 269 g/mol. The number of ether oxygens (including phenoxy) is 1. The van der Waals surface area contributed by atoms with Gasteiger partial charge in [0.2, 0.25) is 0 Å². The molecule has 0 amide bonds. The van der Waals surface area contributed by atoms with Crippen LogP contribution in [0.5, 0.6) is 0 Å². The second-order valence-corrected chi connectivity index (χ2v) is 6.27. The van der Waals surface area contributed by atoms with E-state index in [1.807, 2.05) is 0 Å². The molecule has 0 radical (unpaired) electrons. The Morgan fingerprint density at radius 3 is 3.11 bits per heavy atom. The Hall–Kier alpha value is -0.490. The molecule has 1 aliphatic heterocycles. The van der Waals surface area contributed by atoms with E-state index in [1.54, 1.807) is 11.3 Å². The van der Waals surface area contributed by atoms with Gasteiger partial charge in [-0.05, 0) is 20.4 Å². The van der Waals surface area contributed by atoms with E-state index >= 15 is 0 Å². The zero-order valence-corrected chi connectivity index (χ0v) is 12.3. The van der Waals surface area contributed by atoms with Gasteiger partial charge in [0.25, 0.3) is 0 Å². The molecule has 2 heterocycles. The number of aromatic nitrogens is 1. The Labute approximate surface area is 113 Å². The summed E-state index contributed by atoms with van der Waals surface area (Å²) in [5, 5.41) is 6.66. The molecule has 1 N–H and O–H groups in total. The van der Waals surface area contributed by atoms with Crippen LogP contribution >= 0.6 is 11.3 Å². The molecule has 0 atom stereocenters. The number of hydrogen-bond donors (Lipinski definition) is 1. The van der Waals surface area contributed by atoms with Crippen molar-refractivity contribution in [2.45, 2.75) is 39.5 Å². The van der Waals surface area contributed by atoms with Crippen molar-refractivity contribution in [1.82, 2.24) is 15.2 Å². The molecule has 0 saturated carbocycles. The van der Waals surface area contributed by atoms with E-state index in [-0.39, 0.29) is 5.60 Å². The van der Waals surface area contributed by atoms with Gasteiger partial charge >= 0.3 is 0 Å². The average Bonchev–Trinajstić information content (AvgIpc) is 2.73. The van der Waals surface area contributed by atoms with Crippen LogP contribution in [0.3, 0.4) is 0 Å². The monoisotopic (exact) mass is 269 g/mol. The minimum Gasteiger partial charge on any atom is -0.373 e. The van der Waals surface area contributed by atoms with Gasteiger partial charge in [0.1, 0.15) is 5.01 Å². The van der Waals surface area contributed by atoms with Crippen molar-refractivity contribution < 1.29 is 4.74 Å². The van der Waals surface area contributed by atoms with E-state index in [9.17, 15) is 0 Å². The molecule has 18 heavy (non-hydrogen) atoms. The number of rotatable bonds is 5. The van der Waals surface area contributed by atoms with Crippen LogP contribution in [0, 0.1) is 0 Å². The lowest BCUT2D eigenvalue weighted by molar-refractivity contribution is -0.0884. The fourth-order valence-corrected chi connectivity index (χ4v) is 2.97. The van der Waals surface area contributed by atoms with Crippen molar-refractivity contribution in [3.63, 3.8) is 0 Å². The van der Waals surface area contributed by atoms with Crippen LogP contribution in [0.25, 0.3) is 0 Å². The second kappa shape index (κ2) is 6.10. The van der Waals surface area contributed by atoms with Gasteiger partial charge in [-0.3, -0.25) is 4.90 Å². The molecule has 1 saturated heterocycles. The maximum atomic E-state index is 5.72. The van der Waals surface area contributed by atoms with Gasteiger partial charge in [-0.1, -0.05) is 6.92 Å². The third-order valence-corrected chi connectivity index (χ3v) is 3.91. The highest BCUT2D eigenvalue weighted by Crippen LogP contribution is 2.19. The van der Waals surface area contributed by atoms with Crippen molar-refractivity contribution in [3.8, 4) is 0 Å². The van der Waals surface area contributed by atoms with Gasteiger partial charge in [-0.2, -0.15) is 0 Å². The second-order valence-electron chi connectivity index (χ2n) is 5.33. The van der Waals surface area contributed by atoms with Crippen LogP contribution in [0.2, 0.25) is 0 Å². The largest absolute Gasteiger partial charge is 0.373 e. The molecule has 0 spiro atoms. The Morgan fingerprint density at radius 1 is 1.56 bits per heavy atom. The van der Waals surface area contributed by atoms with E-state index < -0.39 is 0 Å². The topological polar surface area (TPSA) is 37.4 Å². The highest BCUT2D eigenvalue weighted by Gasteiger charge is 2.27. The van der Waals surface area contributed by atoms with E-state index in [1.165, 1.54) is 10.7 Å². The lowest BCUT2D eigenvalue weighted by atomic mass is 10.1. The predicted octanol–water partition coefficient (Wildman–Crippen LogP) is 1.86.